The molecule has 2 aromatic carbocycles. The van der Waals surface area contributed by atoms with Crippen molar-refractivity contribution in [3.8, 4) is 0 Å². The average Bonchev–Trinajstić information content (AvgIpc) is 2.48. The highest BCUT2D eigenvalue weighted by Gasteiger charge is 2.07. The van der Waals surface area contributed by atoms with E-state index in [0.717, 1.165) is 22.8 Å². The van der Waals surface area contributed by atoms with Crippen LogP contribution in [0.1, 0.15) is 25.0 Å². The summed E-state index contributed by atoms with van der Waals surface area (Å²) in [5.74, 6) is 0. The Balaban J connectivity index is 2.65. The predicted molar refractivity (Wildman–Crippen MR) is 91.7 cm³/mol. The van der Waals surface area contributed by atoms with Crippen LogP contribution in [0.15, 0.2) is 60.7 Å². The molecular formula is C19H19B. The maximum atomic E-state index is 6.11. The van der Waals surface area contributed by atoms with Gasteiger partial charge in [-0.15, -0.1) is 0 Å². The summed E-state index contributed by atoms with van der Waals surface area (Å²) in [6, 6.07) is 10.3. The number of fused-ring (bicyclic) bond motifs is 1. The summed E-state index contributed by atoms with van der Waals surface area (Å²) in [5.41, 5.74) is 4.55. The molecule has 0 N–H and O–H groups in total. The molecule has 0 aliphatic carbocycles. The maximum Gasteiger partial charge on any atom is 0.114 e. The number of hydrogen-bond donors (Lipinski definition) is 0. The molecule has 0 saturated heterocycles. The fraction of sp³-hybridized carbons (Fsp3) is 0.158. The first-order chi connectivity index (χ1) is 9.71. The second-order valence-corrected chi connectivity index (χ2v) is 4.83. The topological polar surface area (TPSA) is 0 Å². The van der Waals surface area contributed by atoms with Crippen molar-refractivity contribution >= 4 is 30.2 Å². The van der Waals surface area contributed by atoms with Gasteiger partial charge in [0, 0.05) is 0 Å². The largest absolute Gasteiger partial charge is 0.114 e. The minimum atomic E-state index is 0.820. The Morgan fingerprint density at radius 3 is 2.65 bits per heavy atom. The van der Waals surface area contributed by atoms with Crippen LogP contribution in [0.4, 0.5) is 0 Å². The molecule has 2 rings (SSSR count). The molecule has 2 aromatic rings. The van der Waals surface area contributed by atoms with Gasteiger partial charge in [0.05, 0.1) is 0 Å². The van der Waals surface area contributed by atoms with Crippen molar-refractivity contribution in [2.75, 3.05) is 0 Å². The molecule has 0 aliphatic rings. The summed E-state index contributed by atoms with van der Waals surface area (Å²) in [7, 11) is 6.11. The van der Waals surface area contributed by atoms with Crippen LogP contribution in [0.2, 0.25) is 0 Å². The third-order valence-corrected chi connectivity index (χ3v) is 3.56. The van der Waals surface area contributed by atoms with E-state index in [1.54, 1.807) is 0 Å². The van der Waals surface area contributed by atoms with Crippen LogP contribution in [0.3, 0.4) is 0 Å². The molecule has 98 valence electrons. The lowest BCUT2D eigenvalue weighted by atomic mass is 9.85. The molecule has 20 heavy (non-hydrogen) atoms. The van der Waals surface area contributed by atoms with Crippen molar-refractivity contribution in [1.82, 2.24) is 0 Å². The van der Waals surface area contributed by atoms with Crippen molar-refractivity contribution in [3.63, 3.8) is 0 Å². The highest BCUT2D eigenvalue weighted by atomic mass is 14.1. The molecule has 0 unspecified atom stereocenters. The Labute approximate surface area is 122 Å². The van der Waals surface area contributed by atoms with E-state index in [1.807, 2.05) is 25.1 Å². The fourth-order valence-electron chi connectivity index (χ4n) is 2.54. The van der Waals surface area contributed by atoms with Crippen LogP contribution < -0.4 is 5.46 Å². The second kappa shape index (κ2) is 6.43. The van der Waals surface area contributed by atoms with Gasteiger partial charge < -0.3 is 0 Å². The minimum Gasteiger partial charge on any atom is -0.0984 e. The molecule has 0 aromatic heterocycles. The van der Waals surface area contributed by atoms with Crippen LogP contribution >= 0.6 is 0 Å². The number of rotatable bonds is 4. The van der Waals surface area contributed by atoms with E-state index in [0.29, 0.717) is 0 Å². The van der Waals surface area contributed by atoms with Gasteiger partial charge in [-0.2, -0.15) is 0 Å². The molecule has 0 nitrogen and oxygen atoms in total. The zero-order valence-electron chi connectivity index (χ0n) is 12.2. The van der Waals surface area contributed by atoms with Crippen LogP contribution in [0.5, 0.6) is 0 Å². The van der Waals surface area contributed by atoms with Crippen LogP contribution in [0.25, 0.3) is 16.8 Å². The van der Waals surface area contributed by atoms with Gasteiger partial charge >= 0.3 is 0 Å². The lowest BCUT2D eigenvalue weighted by Crippen LogP contribution is -2.06. The molecule has 2 radical (unpaired) electrons. The zero-order chi connectivity index (χ0) is 14.5. The first-order valence-corrected chi connectivity index (χ1v) is 6.91. The van der Waals surface area contributed by atoms with E-state index in [2.05, 4.69) is 49.9 Å². The first kappa shape index (κ1) is 14.4. The standard InChI is InChI=1S/C19H19B/c1-4-8-14(5-2)13-16-11-12-18(20)17-10-7-9-15(6-3)19(16)17/h4-12H,3,13H2,1-2H3/b8-4-,14-5+. The summed E-state index contributed by atoms with van der Waals surface area (Å²) >= 11 is 0. The van der Waals surface area contributed by atoms with Gasteiger partial charge in [-0.1, -0.05) is 66.7 Å². The Kier molecular flexibility index (Phi) is 4.63. The van der Waals surface area contributed by atoms with Crippen LogP contribution in [-0.2, 0) is 6.42 Å². The maximum absolute atomic E-state index is 6.11. The predicted octanol–water partition coefficient (Wildman–Crippen LogP) is 4.34. The van der Waals surface area contributed by atoms with E-state index in [9.17, 15) is 0 Å². The normalized spacial score (nSPS) is 12.2. The minimum absolute atomic E-state index is 0.820. The fourth-order valence-corrected chi connectivity index (χ4v) is 2.54. The van der Waals surface area contributed by atoms with Crippen molar-refractivity contribution < 1.29 is 0 Å². The van der Waals surface area contributed by atoms with Gasteiger partial charge in [0.2, 0.25) is 0 Å². The van der Waals surface area contributed by atoms with Crippen LogP contribution in [-0.4, -0.2) is 7.85 Å². The Bertz CT molecular complexity index is 690. The summed E-state index contributed by atoms with van der Waals surface area (Å²) in [6.45, 7) is 8.03. The molecule has 0 heterocycles. The summed E-state index contributed by atoms with van der Waals surface area (Å²) in [4.78, 5) is 0. The number of benzene rings is 2. The van der Waals surface area contributed by atoms with Gasteiger partial charge in [0.1, 0.15) is 7.85 Å². The molecule has 0 amide bonds. The third-order valence-electron chi connectivity index (χ3n) is 3.56. The Hall–Kier alpha value is -2.02. The van der Waals surface area contributed by atoms with E-state index in [1.165, 1.54) is 16.5 Å². The average molecular weight is 258 g/mol. The van der Waals surface area contributed by atoms with Crippen molar-refractivity contribution in [2.24, 2.45) is 0 Å². The number of hydrogen-bond acceptors (Lipinski definition) is 0. The van der Waals surface area contributed by atoms with E-state index < -0.39 is 0 Å². The lowest BCUT2D eigenvalue weighted by Gasteiger charge is -2.12. The molecule has 1 heteroatoms. The molecular weight excluding hydrogens is 239 g/mol. The molecule has 0 bridgehead atoms. The van der Waals surface area contributed by atoms with Gasteiger partial charge in [0.15, 0.2) is 0 Å². The zero-order valence-corrected chi connectivity index (χ0v) is 12.2. The van der Waals surface area contributed by atoms with Crippen molar-refractivity contribution in [3.05, 3.63) is 71.8 Å². The van der Waals surface area contributed by atoms with Crippen molar-refractivity contribution in [2.45, 2.75) is 20.3 Å². The van der Waals surface area contributed by atoms with Crippen LogP contribution in [0, 0.1) is 0 Å². The summed E-state index contributed by atoms with van der Waals surface area (Å²) in [6.07, 6.45) is 9.18. The van der Waals surface area contributed by atoms with E-state index in [4.69, 9.17) is 7.85 Å². The summed E-state index contributed by atoms with van der Waals surface area (Å²) in [5, 5.41) is 2.32. The second-order valence-electron chi connectivity index (χ2n) is 4.83. The summed E-state index contributed by atoms with van der Waals surface area (Å²) < 4.78 is 0. The highest BCUT2D eigenvalue weighted by Crippen LogP contribution is 2.25. The Morgan fingerprint density at radius 1 is 1.20 bits per heavy atom. The number of allylic oxidation sites excluding steroid dienone is 4. The Morgan fingerprint density at radius 2 is 2.00 bits per heavy atom. The van der Waals surface area contributed by atoms with Gasteiger partial charge in [-0.3, -0.25) is 0 Å². The smallest absolute Gasteiger partial charge is 0.0984 e. The van der Waals surface area contributed by atoms with Crippen molar-refractivity contribution in [1.29, 1.82) is 0 Å². The van der Waals surface area contributed by atoms with Gasteiger partial charge in [0.25, 0.3) is 0 Å². The monoisotopic (exact) mass is 258 g/mol. The first-order valence-electron chi connectivity index (χ1n) is 6.91. The van der Waals surface area contributed by atoms with Gasteiger partial charge in [-0.05, 0) is 47.7 Å². The molecule has 0 saturated carbocycles. The van der Waals surface area contributed by atoms with Gasteiger partial charge in [-0.25, -0.2) is 0 Å². The quantitative estimate of drug-likeness (QED) is 0.565. The lowest BCUT2D eigenvalue weighted by molar-refractivity contribution is 1.21. The molecule has 0 aliphatic heterocycles. The third kappa shape index (κ3) is 2.77. The highest BCUT2D eigenvalue weighted by molar-refractivity contribution is 6.39. The molecule has 0 atom stereocenters. The van der Waals surface area contributed by atoms with E-state index >= 15 is 0 Å². The molecule has 0 fully saturated rings. The SMILES string of the molecule is [B]c1ccc(CC(/C=C\C)=C/C)c2c(C=C)cccc12. The van der Waals surface area contributed by atoms with E-state index in [-0.39, 0.29) is 0 Å². The molecule has 0 spiro atoms.